The number of nitrogens with one attached hydrogen (secondary N) is 11. The number of benzene rings is 6. The van der Waals surface area contributed by atoms with E-state index < -0.39 is 205 Å². The van der Waals surface area contributed by atoms with Crippen LogP contribution in [0.5, 0.6) is 11.5 Å². The number of carboxylic acid groups (broad SMARTS) is 1. The van der Waals surface area contributed by atoms with E-state index in [1.165, 1.54) is 80.5 Å². The maximum atomic E-state index is 15.7. The van der Waals surface area contributed by atoms with Crippen molar-refractivity contribution in [3.63, 3.8) is 0 Å². The van der Waals surface area contributed by atoms with Gasteiger partial charge >= 0.3 is 5.97 Å². The van der Waals surface area contributed by atoms with Gasteiger partial charge in [0, 0.05) is 113 Å². The monoisotopic (exact) mass is 1820 g/mol. The van der Waals surface area contributed by atoms with E-state index in [2.05, 4.69) is 57.8 Å². The number of hydrogen-bond donors (Lipinski definition) is 15. The lowest BCUT2D eigenvalue weighted by Crippen LogP contribution is -2.62. The highest BCUT2D eigenvalue weighted by Crippen LogP contribution is 2.33. The number of primary amides is 1. The molecule has 37 heteroatoms. The van der Waals surface area contributed by atoms with Crippen LogP contribution in [-0.4, -0.2) is 265 Å². The number of aliphatic carboxylic acids is 1. The van der Waals surface area contributed by atoms with Crippen LogP contribution in [0.3, 0.4) is 0 Å². The zero-order chi connectivity index (χ0) is 95.0. The summed E-state index contributed by atoms with van der Waals surface area (Å²) in [5.41, 5.74) is 9.78. The first kappa shape index (κ1) is 99.0. The van der Waals surface area contributed by atoms with Crippen molar-refractivity contribution in [2.75, 3.05) is 64.2 Å². The molecule has 0 spiro atoms. The van der Waals surface area contributed by atoms with E-state index in [-0.39, 0.29) is 74.5 Å². The summed E-state index contributed by atoms with van der Waals surface area (Å²) in [7, 11) is 5.29. The minimum atomic E-state index is -1.91. The predicted molar refractivity (Wildman–Crippen MR) is 489 cm³/mol. The van der Waals surface area contributed by atoms with E-state index in [1.54, 1.807) is 143 Å². The Bertz CT molecular complexity index is 5480. The molecule has 0 saturated carbocycles. The van der Waals surface area contributed by atoms with Crippen molar-refractivity contribution in [1.29, 1.82) is 0 Å². The fraction of sp³-hybridized carbons (Fsp3) is 0.404. The lowest BCUT2D eigenvalue weighted by molar-refractivity contribution is -0.151. The van der Waals surface area contributed by atoms with Gasteiger partial charge in [-0.2, -0.15) is 0 Å². The van der Waals surface area contributed by atoms with Crippen LogP contribution < -0.4 is 58.5 Å². The number of rotatable bonds is 21. The summed E-state index contributed by atoms with van der Waals surface area (Å²) in [5, 5.41) is 57.1. The van der Waals surface area contributed by atoms with Gasteiger partial charge in [-0.3, -0.25) is 76.7 Å². The molecular formula is C94H115N17O19S. The van der Waals surface area contributed by atoms with Crippen LogP contribution >= 0.6 is 11.8 Å². The second-order valence-electron chi connectivity index (χ2n) is 33.8. The van der Waals surface area contributed by atoms with Gasteiger partial charge in [0.1, 0.15) is 84.5 Å². The zero-order valence-corrected chi connectivity index (χ0v) is 75.3. The highest BCUT2D eigenvalue weighted by atomic mass is 32.2. The number of H-pyrrole nitrogens is 2. The number of carbonyl (C=O) groups excluding carboxylic acids is 15. The molecule has 2 aliphatic rings. The van der Waals surface area contributed by atoms with Crippen LogP contribution in [-0.2, 0) is 115 Å². The third-order valence-corrected chi connectivity index (χ3v) is 24.1. The molecule has 4 heterocycles. The molecule has 36 nitrogen and oxygen atoms in total. The Morgan fingerprint density at radius 1 is 0.504 bits per heavy atom. The van der Waals surface area contributed by atoms with E-state index in [0.29, 0.717) is 68.0 Å². The van der Waals surface area contributed by atoms with Gasteiger partial charge in [-0.15, -0.1) is 11.8 Å². The summed E-state index contributed by atoms with van der Waals surface area (Å²) in [6.45, 7) is 6.08. The SMILES string of the molecule is CCCC[C@H]1C(=O)N(C)CC(=O)N[C@@H](CC(=O)O)C(=O)N[C@@H](C(C)C)C(=O)N(C)[C@@H](Cc2ccccc2)C(=O)N[C@H]2Cc3ccc(O)cc3N(CC(=O)N[C@@H](Cc3c[nH]c4ccccc34)C(=O)N[C@@H](Cc3ccc(O)cc3)C(=O)N[C@@H](CC(C)C)C(=O)N[C@H](C(=O)NCC(N)=O)CSCC(=O)N[C@@H](Cc3cccc4[nH]ccc34)C(=O)N(C)[C@@H](Cc3ccccc3)C(=O)N1C)C2=O. The number of hydrogen-bond acceptors (Lipinski definition) is 19. The number of aromatic amines is 2. The van der Waals surface area contributed by atoms with Crippen LogP contribution in [0.1, 0.15) is 100 Å². The smallest absolute Gasteiger partial charge is 0.305 e. The van der Waals surface area contributed by atoms with E-state index in [1.807, 2.05) is 13.0 Å². The number of likely N-dealkylation sites (N-methyl/N-ethyl adjacent to an activating group) is 4. The molecule has 131 heavy (non-hydrogen) atoms. The van der Waals surface area contributed by atoms with Gasteiger partial charge in [0.15, 0.2) is 0 Å². The molecule has 2 aromatic heterocycles. The molecule has 696 valence electrons. The average molecular weight is 1820 g/mol. The summed E-state index contributed by atoms with van der Waals surface area (Å²) in [4.78, 5) is 248. The van der Waals surface area contributed by atoms with Crippen molar-refractivity contribution in [2.24, 2.45) is 17.6 Å². The molecule has 10 rings (SSSR count). The number of anilines is 1. The molecule has 0 unspecified atom stereocenters. The molecular weight excluding hydrogens is 1700 g/mol. The van der Waals surface area contributed by atoms with Gasteiger partial charge in [0.05, 0.1) is 31.0 Å². The number of fused-ring (bicyclic) bond motifs is 6. The average Bonchev–Trinajstić information content (AvgIpc) is 1.55. The Morgan fingerprint density at radius 3 is 1.72 bits per heavy atom. The van der Waals surface area contributed by atoms with Crippen molar-refractivity contribution in [2.45, 2.75) is 172 Å². The standard InChI is InChI=1S/C94H115N17O19S/c1-10-11-29-74-92(128)107(6)49-79(115)100-70(46-82(118)119)88(124)106-83(54(4)5)94(130)109(8)76(40-55-21-14-12-15-22-55)89(125)104-72-43-59-32-35-62(113)45-75(59)111(91(72)127)50-80(116)99-69(44-60-47-97-66-27-19-18-26-63(60)66)87(123)103-68(39-57-30-33-61(112)34-31-57)86(122)102-67(38-53(2)3)85(121)105-73(84(120)98-48-78(95)114)51-131-52-81(117)101-71(42-58-25-20-28-65-64(58)36-37-96-65)90(126)110(9)77(93(129)108(74)7)41-56-23-16-13-17-24-56/h12-28,30-37,45,47,53-54,67-74,76-77,83,96-97,112-113H,10-11,29,38-44,46,48-52H2,1-9H3,(H2,95,114)(H,98,120)(H,99,116)(H,100,115)(H,101,117)(H,102,122)(H,103,123)(H,104,125)(H,105,121)(H,106,124)(H,118,119)/t67-,68-,69-,70-,71-,72-,73-,74-,76-,77-,83-/m0/s1. The van der Waals surface area contributed by atoms with Crippen molar-refractivity contribution >= 4 is 134 Å². The number of amides is 15. The Labute approximate surface area is 761 Å². The Morgan fingerprint density at radius 2 is 1.06 bits per heavy atom. The Balaban J connectivity index is 1.04. The normalized spacial score (nSPS) is 22.1. The maximum absolute atomic E-state index is 15.7. The number of nitrogens with two attached hydrogens (primary N) is 1. The number of aromatic nitrogens is 2. The molecule has 0 aliphatic carbocycles. The van der Waals surface area contributed by atoms with Crippen molar-refractivity contribution in [1.82, 2.24) is 77.4 Å². The fourth-order valence-corrected chi connectivity index (χ4v) is 16.9. The van der Waals surface area contributed by atoms with Gasteiger partial charge in [0.25, 0.3) is 0 Å². The van der Waals surface area contributed by atoms with Crippen LogP contribution in [0.25, 0.3) is 21.8 Å². The Hall–Kier alpha value is -14.1. The molecule has 2 bridgehead atoms. The van der Waals surface area contributed by atoms with Crippen LogP contribution in [0.4, 0.5) is 5.69 Å². The summed E-state index contributed by atoms with van der Waals surface area (Å²) in [6.07, 6.45) is 1.74. The summed E-state index contributed by atoms with van der Waals surface area (Å²) in [6, 6.07) is 24.0. The van der Waals surface area contributed by atoms with E-state index in [0.717, 1.165) is 26.5 Å². The van der Waals surface area contributed by atoms with E-state index in [9.17, 15) is 44.1 Å². The topological polar surface area (TPSA) is 516 Å². The van der Waals surface area contributed by atoms with Crippen molar-refractivity contribution < 1.29 is 92.0 Å². The number of unbranched alkanes of at least 4 members (excludes halogenated alkanes) is 1. The minimum Gasteiger partial charge on any atom is -0.508 e. The number of nitrogens with zero attached hydrogens (tertiary/aromatic N) is 5. The molecule has 2 aliphatic heterocycles. The quantitative estimate of drug-likeness (QED) is 0.0492. The molecule has 16 N–H and O–H groups in total. The number of aromatic hydroxyl groups is 2. The van der Waals surface area contributed by atoms with Gasteiger partial charge in [-0.05, 0) is 94.5 Å². The first-order valence-electron chi connectivity index (χ1n) is 43.3. The van der Waals surface area contributed by atoms with E-state index in [4.69, 9.17) is 5.73 Å². The highest BCUT2D eigenvalue weighted by Gasteiger charge is 2.44. The molecule has 1 fully saturated rings. The number of carboxylic acids is 1. The Kier molecular flexibility index (Phi) is 34.9. The highest BCUT2D eigenvalue weighted by molar-refractivity contribution is 8.00. The molecule has 15 amide bonds. The number of thioether (sulfide) groups is 1. The van der Waals surface area contributed by atoms with Crippen molar-refractivity contribution in [3.8, 4) is 11.5 Å². The van der Waals surface area contributed by atoms with E-state index >= 15 is 47.9 Å². The minimum absolute atomic E-state index is 0.0247. The van der Waals surface area contributed by atoms with Gasteiger partial charge in [0.2, 0.25) is 88.6 Å². The summed E-state index contributed by atoms with van der Waals surface area (Å²) in [5.74, 6) is -17.8. The van der Waals surface area contributed by atoms with Crippen LogP contribution in [0, 0.1) is 11.8 Å². The lowest BCUT2D eigenvalue weighted by Gasteiger charge is -2.37. The molecule has 6 aromatic carbocycles. The lowest BCUT2D eigenvalue weighted by atomic mass is 9.95. The second kappa shape index (κ2) is 46.2. The summed E-state index contributed by atoms with van der Waals surface area (Å²) < 4.78 is 0. The number of carbonyl (C=O) groups is 16. The first-order chi connectivity index (χ1) is 62.4. The first-order valence-corrected chi connectivity index (χ1v) is 44.5. The van der Waals surface area contributed by atoms with Gasteiger partial charge in [-0.1, -0.05) is 157 Å². The molecule has 8 aromatic rings. The van der Waals surface area contributed by atoms with Gasteiger partial charge in [-0.25, -0.2) is 0 Å². The van der Waals surface area contributed by atoms with Crippen LogP contribution in [0.2, 0.25) is 0 Å². The molecule has 1 saturated heterocycles. The fourth-order valence-electron chi connectivity index (χ4n) is 16.0. The van der Waals surface area contributed by atoms with Gasteiger partial charge < -0.3 is 103 Å². The number of phenols is 2. The third-order valence-electron chi connectivity index (χ3n) is 23.1. The molecule has 11 atom stereocenters. The van der Waals surface area contributed by atoms with Crippen LogP contribution in [0.15, 0.2) is 164 Å². The number of para-hydroxylation sites is 1. The molecule has 0 radical (unpaired) electrons. The third kappa shape index (κ3) is 27.0. The van der Waals surface area contributed by atoms with Crippen molar-refractivity contribution in [3.05, 3.63) is 197 Å². The number of phenolic OH excluding ortho intramolecular Hbond substituents is 2. The second-order valence-corrected chi connectivity index (χ2v) is 34.8. The zero-order valence-electron chi connectivity index (χ0n) is 74.5. The largest absolute Gasteiger partial charge is 0.508 e. The summed E-state index contributed by atoms with van der Waals surface area (Å²) >= 11 is 0.826. The predicted octanol–water partition coefficient (Wildman–Crippen LogP) is 2.70. The maximum Gasteiger partial charge on any atom is 0.305 e.